The van der Waals surface area contributed by atoms with Crippen molar-refractivity contribution < 1.29 is 18.6 Å². The Kier molecular flexibility index (Phi) is 5.79. The molecule has 8 rings (SSSR count). The van der Waals surface area contributed by atoms with Crippen LogP contribution in [-0.2, 0) is 0 Å². The number of alkyl halides is 1. The topological polar surface area (TPSA) is 86.6 Å². The minimum Gasteiger partial charge on any atom is -0.508 e. The maximum absolute atomic E-state index is 16.5. The number of aromatic nitrogens is 3. The third kappa shape index (κ3) is 4.18. The van der Waals surface area contributed by atoms with Gasteiger partial charge in [-0.05, 0) is 55.1 Å². The van der Waals surface area contributed by atoms with E-state index in [-0.39, 0.29) is 35.1 Å². The van der Waals surface area contributed by atoms with E-state index in [4.69, 9.17) is 9.72 Å². The highest BCUT2D eigenvalue weighted by molar-refractivity contribution is 5.99. The van der Waals surface area contributed by atoms with Crippen molar-refractivity contribution in [2.24, 2.45) is 0 Å². The van der Waals surface area contributed by atoms with Gasteiger partial charge in [0.2, 0.25) is 0 Å². The number of fused-ring (bicyclic) bond motifs is 5. The van der Waals surface area contributed by atoms with E-state index >= 15 is 4.39 Å². The van der Waals surface area contributed by atoms with Gasteiger partial charge in [-0.1, -0.05) is 24.3 Å². The Hall–Kier alpha value is -3.63. The van der Waals surface area contributed by atoms with Gasteiger partial charge < -0.3 is 20.1 Å². The van der Waals surface area contributed by atoms with Crippen LogP contribution in [0.4, 0.5) is 14.6 Å². The first kappa shape index (κ1) is 25.1. The van der Waals surface area contributed by atoms with Crippen molar-refractivity contribution in [3.05, 3.63) is 48.4 Å². The zero-order valence-corrected chi connectivity index (χ0v) is 22.7. The fraction of sp³-hybridized carbons (Fsp3) is 0.452. The molecule has 0 radical (unpaired) electrons. The summed E-state index contributed by atoms with van der Waals surface area (Å²) in [5.41, 5.74) is 0.360. The van der Waals surface area contributed by atoms with Crippen molar-refractivity contribution in [2.45, 2.75) is 55.9 Å². The summed E-state index contributed by atoms with van der Waals surface area (Å²) in [4.78, 5) is 18.4. The monoisotopic (exact) mass is 558 g/mol. The largest absolute Gasteiger partial charge is 0.508 e. The Labute approximate surface area is 236 Å². The SMILES string of the molecule is Oc1cc(-c2ncc3c(N4CC5CCC(C4)N5)nc(OC[C@]45CCCN4C[C@@H](F)C5)nc3c2F)c2ccccc2c1. The van der Waals surface area contributed by atoms with E-state index in [1.165, 1.54) is 6.07 Å². The average Bonchev–Trinajstić information content (AvgIpc) is 3.61. The molecule has 4 fully saturated rings. The van der Waals surface area contributed by atoms with Gasteiger partial charge in [0.15, 0.2) is 5.82 Å². The molecule has 2 N–H and O–H groups in total. The molecule has 0 aliphatic carbocycles. The van der Waals surface area contributed by atoms with Crippen LogP contribution in [0.1, 0.15) is 32.1 Å². The number of aromatic hydroxyl groups is 1. The quantitative estimate of drug-likeness (QED) is 0.368. The summed E-state index contributed by atoms with van der Waals surface area (Å²) in [6, 6.07) is 11.5. The van der Waals surface area contributed by atoms with E-state index in [0.717, 1.165) is 56.1 Å². The third-order valence-electron chi connectivity index (χ3n) is 9.49. The van der Waals surface area contributed by atoms with Crippen molar-refractivity contribution in [3.63, 3.8) is 0 Å². The van der Waals surface area contributed by atoms with E-state index < -0.39 is 12.0 Å². The van der Waals surface area contributed by atoms with Crippen LogP contribution in [0, 0.1) is 5.82 Å². The Morgan fingerprint density at radius 1 is 1.07 bits per heavy atom. The van der Waals surface area contributed by atoms with Crippen molar-refractivity contribution >= 4 is 27.5 Å². The smallest absolute Gasteiger partial charge is 0.319 e. The summed E-state index contributed by atoms with van der Waals surface area (Å²) >= 11 is 0. The standard InChI is InChI=1S/C31H32F2N6O2/c32-19-12-31(8-3-9-39(31)14-19)17-41-30-36-28-25(29(37-30)38-15-20-6-7-21(16-38)35-20)13-34-27(26(28)33)24-11-22(40)10-18-4-1-2-5-23(18)24/h1-2,4-5,10-11,13,19-21,35,40H,3,6-9,12,14-17H2/t19-,20?,21?,31+/m0/s1. The number of nitrogens with zero attached hydrogens (tertiary/aromatic N) is 5. The predicted octanol–water partition coefficient (Wildman–Crippen LogP) is 4.59. The summed E-state index contributed by atoms with van der Waals surface area (Å²) in [7, 11) is 0. The average molecular weight is 559 g/mol. The molecule has 212 valence electrons. The van der Waals surface area contributed by atoms with Crippen molar-refractivity contribution in [1.82, 2.24) is 25.2 Å². The number of hydrogen-bond donors (Lipinski definition) is 2. The molecule has 2 aromatic heterocycles. The Bertz CT molecular complexity index is 1660. The van der Waals surface area contributed by atoms with Gasteiger partial charge in [-0.2, -0.15) is 9.97 Å². The molecule has 6 heterocycles. The highest BCUT2D eigenvalue weighted by Gasteiger charge is 2.49. The lowest BCUT2D eigenvalue weighted by Crippen LogP contribution is -2.51. The van der Waals surface area contributed by atoms with Gasteiger partial charge >= 0.3 is 6.01 Å². The highest BCUT2D eigenvalue weighted by atomic mass is 19.1. The Morgan fingerprint density at radius 2 is 1.90 bits per heavy atom. The molecule has 41 heavy (non-hydrogen) atoms. The number of ether oxygens (including phenoxy) is 1. The molecule has 4 aliphatic heterocycles. The maximum Gasteiger partial charge on any atom is 0.319 e. The fourth-order valence-electron chi connectivity index (χ4n) is 7.62. The lowest BCUT2D eigenvalue weighted by molar-refractivity contribution is 0.107. The van der Waals surface area contributed by atoms with Gasteiger partial charge in [0.05, 0.1) is 10.9 Å². The number of piperazine rings is 1. The predicted molar refractivity (Wildman–Crippen MR) is 153 cm³/mol. The van der Waals surface area contributed by atoms with Crippen LogP contribution >= 0.6 is 0 Å². The molecule has 0 spiro atoms. The Balaban J connectivity index is 1.24. The van der Waals surface area contributed by atoms with Gasteiger partial charge in [0.1, 0.15) is 35.6 Å². The first-order valence-corrected chi connectivity index (χ1v) is 14.6. The lowest BCUT2D eigenvalue weighted by Gasteiger charge is -2.34. The van der Waals surface area contributed by atoms with Gasteiger partial charge in [0.25, 0.3) is 0 Å². The molecule has 2 aromatic carbocycles. The third-order valence-corrected chi connectivity index (χ3v) is 9.49. The van der Waals surface area contributed by atoms with E-state index in [0.29, 0.717) is 41.8 Å². The first-order valence-electron chi connectivity index (χ1n) is 14.6. The molecule has 2 unspecified atom stereocenters. The van der Waals surface area contributed by atoms with Crippen LogP contribution in [0.5, 0.6) is 11.8 Å². The van der Waals surface area contributed by atoms with Crippen LogP contribution < -0.4 is 15.0 Å². The van der Waals surface area contributed by atoms with E-state index in [1.807, 2.05) is 24.3 Å². The Morgan fingerprint density at radius 3 is 2.76 bits per heavy atom. The summed E-state index contributed by atoms with van der Waals surface area (Å²) in [6.45, 7) is 3.06. The number of nitrogens with one attached hydrogen (secondary N) is 1. The summed E-state index contributed by atoms with van der Waals surface area (Å²) in [5.74, 6) is 0.0553. The molecule has 4 aromatic rings. The van der Waals surface area contributed by atoms with Crippen LogP contribution in [0.2, 0.25) is 0 Å². The minimum absolute atomic E-state index is 0.0341. The van der Waals surface area contributed by atoms with Crippen LogP contribution in [0.3, 0.4) is 0 Å². The molecule has 8 nitrogen and oxygen atoms in total. The molecular weight excluding hydrogens is 526 g/mol. The molecule has 0 saturated carbocycles. The maximum atomic E-state index is 16.5. The summed E-state index contributed by atoms with van der Waals surface area (Å²) in [5, 5.41) is 16.1. The number of benzene rings is 2. The molecule has 4 aliphatic rings. The number of phenolic OH excluding ortho intramolecular Hbond substituents is 1. The molecule has 10 heteroatoms. The number of rotatable bonds is 5. The fourth-order valence-corrected chi connectivity index (χ4v) is 7.62. The van der Waals surface area contributed by atoms with Crippen LogP contribution in [-0.4, -0.2) is 81.5 Å². The highest BCUT2D eigenvalue weighted by Crippen LogP contribution is 2.41. The van der Waals surface area contributed by atoms with Crippen molar-refractivity contribution in [2.75, 3.05) is 37.7 Å². The molecule has 2 bridgehead atoms. The zero-order chi connectivity index (χ0) is 27.7. The second-order valence-electron chi connectivity index (χ2n) is 12.1. The zero-order valence-electron chi connectivity index (χ0n) is 22.7. The minimum atomic E-state index is -0.869. The summed E-state index contributed by atoms with van der Waals surface area (Å²) in [6.07, 6.45) is 5.26. The second kappa shape index (κ2) is 9.46. The van der Waals surface area contributed by atoms with Crippen molar-refractivity contribution in [3.8, 4) is 23.0 Å². The van der Waals surface area contributed by atoms with Gasteiger partial charge in [-0.15, -0.1) is 0 Å². The summed E-state index contributed by atoms with van der Waals surface area (Å²) < 4.78 is 37.2. The van der Waals surface area contributed by atoms with Gasteiger partial charge in [-0.3, -0.25) is 9.88 Å². The second-order valence-corrected chi connectivity index (χ2v) is 12.1. The van der Waals surface area contributed by atoms with Gasteiger partial charge in [-0.25, -0.2) is 8.78 Å². The number of phenols is 1. The number of hydrogen-bond acceptors (Lipinski definition) is 8. The van der Waals surface area contributed by atoms with E-state index in [2.05, 4.69) is 25.1 Å². The van der Waals surface area contributed by atoms with E-state index in [1.54, 1.807) is 12.3 Å². The molecule has 0 amide bonds. The number of pyridine rings is 1. The van der Waals surface area contributed by atoms with Gasteiger partial charge in [0, 0.05) is 49.9 Å². The van der Waals surface area contributed by atoms with Crippen molar-refractivity contribution in [1.29, 1.82) is 0 Å². The van der Waals surface area contributed by atoms with E-state index in [9.17, 15) is 9.50 Å². The van der Waals surface area contributed by atoms with Crippen LogP contribution in [0.15, 0.2) is 42.6 Å². The number of anilines is 1. The molecule has 4 atom stereocenters. The molecular formula is C31H32F2N6O2. The lowest BCUT2D eigenvalue weighted by atomic mass is 9.95. The molecule has 4 saturated heterocycles. The number of halogens is 2. The first-order chi connectivity index (χ1) is 20.0. The van der Waals surface area contributed by atoms with Crippen LogP contribution in [0.25, 0.3) is 32.9 Å². The normalized spacial score (nSPS) is 27.7.